The molecule has 1 aliphatic heterocycles. The molecule has 2 aliphatic rings. The lowest BCUT2D eigenvalue weighted by Gasteiger charge is -2.26. The molecule has 8 nitrogen and oxygen atoms in total. The first-order chi connectivity index (χ1) is 12.4. The van der Waals surface area contributed by atoms with E-state index in [9.17, 15) is 13.2 Å². The summed E-state index contributed by atoms with van der Waals surface area (Å²) in [6.45, 7) is 1.35. The number of halogens is 1. The summed E-state index contributed by atoms with van der Waals surface area (Å²) in [5.41, 5.74) is 5.42. The van der Waals surface area contributed by atoms with Crippen LogP contribution < -0.4 is 16.2 Å². The van der Waals surface area contributed by atoms with Gasteiger partial charge in [-0.1, -0.05) is 11.6 Å². The SMILES string of the molecule is O=C(NNC(=S)Nc1cc(S(=O)(=O)N2CCOCC2)ccc1Cl)C1CC1. The van der Waals surface area contributed by atoms with Gasteiger partial charge in [-0.2, -0.15) is 4.31 Å². The van der Waals surface area contributed by atoms with Crippen LogP contribution >= 0.6 is 23.8 Å². The summed E-state index contributed by atoms with van der Waals surface area (Å²) in [4.78, 5) is 11.7. The predicted molar refractivity (Wildman–Crippen MR) is 101 cm³/mol. The van der Waals surface area contributed by atoms with Gasteiger partial charge in [-0.25, -0.2) is 8.42 Å². The van der Waals surface area contributed by atoms with Gasteiger partial charge < -0.3 is 10.1 Å². The number of thiocarbonyl (C=S) groups is 1. The molecule has 1 heterocycles. The molecule has 1 saturated carbocycles. The van der Waals surface area contributed by atoms with E-state index in [1.807, 2.05) is 0 Å². The van der Waals surface area contributed by atoms with Gasteiger partial charge in [0.1, 0.15) is 0 Å². The van der Waals surface area contributed by atoms with Crippen LogP contribution in [0.2, 0.25) is 5.02 Å². The van der Waals surface area contributed by atoms with E-state index in [-0.39, 0.29) is 21.8 Å². The maximum Gasteiger partial charge on any atom is 0.243 e. The highest BCUT2D eigenvalue weighted by atomic mass is 35.5. The van der Waals surface area contributed by atoms with Gasteiger partial charge >= 0.3 is 0 Å². The van der Waals surface area contributed by atoms with Crippen molar-refractivity contribution in [1.82, 2.24) is 15.2 Å². The monoisotopic (exact) mass is 418 g/mol. The van der Waals surface area contributed by atoms with E-state index in [0.29, 0.717) is 37.0 Å². The van der Waals surface area contributed by atoms with Crippen LogP contribution in [0.3, 0.4) is 0 Å². The van der Waals surface area contributed by atoms with Crippen molar-refractivity contribution in [3.05, 3.63) is 23.2 Å². The largest absolute Gasteiger partial charge is 0.379 e. The highest BCUT2D eigenvalue weighted by molar-refractivity contribution is 7.89. The third-order valence-electron chi connectivity index (χ3n) is 4.04. The van der Waals surface area contributed by atoms with Crippen molar-refractivity contribution in [2.24, 2.45) is 5.92 Å². The highest BCUT2D eigenvalue weighted by Crippen LogP contribution is 2.29. The Bertz CT molecular complexity index is 808. The summed E-state index contributed by atoms with van der Waals surface area (Å²) in [5, 5.41) is 3.23. The molecule has 142 valence electrons. The van der Waals surface area contributed by atoms with Gasteiger partial charge in [0.25, 0.3) is 0 Å². The minimum absolute atomic E-state index is 0.0379. The van der Waals surface area contributed by atoms with Crippen LogP contribution in [0.5, 0.6) is 0 Å². The number of sulfonamides is 1. The number of hydrazine groups is 1. The fourth-order valence-corrected chi connectivity index (χ4v) is 4.18. The standard InChI is InChI=1S/C15H19ClN4O4S2/c16-12-4-3-11(26(22,23)20-5-7-24-8-6-20)9-13(12)17-15(25)19-18-14(21)10-1-2-10/h3-4,9-10H,1-2,5-8H2,(H,18,21)(H2,17,19,25). The van der Waals surface area contributed by atoms with Crippen LogP contribution in [-0.4, -0.2) is 50.0 Å². The Morgan fingerprint density at radius 3 is 2.58 bits per heavy atom. The average molecular weight is 419 g/mol. The molecule has 0 radical (unpaired) electrons. The van der Waals surface area contributed by atoms with Crippen LogP contribution in [0.25, 0.3) is 0 Å². The number of rotatable bonds is 4. The molecule has 0 atom stereocenters. The molecule has 0 spiro atoms. The molecule has 2 fully saturated rings. The van der Waals surface area contributed by atoms with Gasteiger partial charge in [0.05, 0.1) is 28.8 Å². The third-order valence-corrected chi connectivity index (χ3v) is 6.47. The molecule has 0 bridgehead atoms. The zero-order valence-electron chi connectivity index (χ0n) is 13.8. The Labute approximate surface area is 162 Å². The molecular weight excluding hydrogens is 400 g/mol. The number of amides is 1. The summed E-state index contributed by atoms with van der Waals surface area (Å²) in [7, 11) is -3.64. The maximum atomic E-state index is 12.7. The fourth-order valence-electron chi connectivity index (χ4n) is 2.42. The number of carbonyl (C=O) groups is 1. The normalized spacial score (nSPS) is 18.2. The summed E-state index contributed by atoms with van der Waals surface area (Å²) in [6.07, 6.45) is 1.75. The molecular formula is C15H19ClN4O4S2. The first kappa shape index (κ1) is 19.3. The topological polar surface area (TPSA) is 99.8 Å². The minimum Gasteiger partial charge on any atom is -0.379 e. The van der Waals surface area contributed by atoms with Crippen molar-refractivity contribution in [3.63, 3.8) is 0 Å². The number of nitrogens with one attached hydrogen (secondary N) is 3. The molecule has 1 aromatic rings. The lowest BCUT2D eigenvalue weighted by Crippen LogP contribution is -2.44. The van der Waals surface area contributed by atoms with Gasteiger partial charge in [0.15, 0.2) is 5.11 Å². The molecule has 26 heavy (non-hydrogen) atoms. The number of nitrogens with zero attached hydrogens (tertiary/aromatic N) is 1. The van der Waals surface area contributed by atoms with Crippen LogP contribution in [0.1, 0.15) is 12.8 Å². The van der Waals surface area contributed by atoms with Crippen LogP contribution in [0.15, 0.2) is 23.1 Å². The average Bonchev–Trinajstić information content (AvgIpc) is 3.47. The first-order valence-corrected chi connectivity index (χ1v) is 10.3. The Balaban J connectivity index is 1.68. The van der Waals surface area contributed by atoms with Crippen molar-refractivity contribution in [1.29, 1.82) is 0 Å². The van der Waals surface area contributed by atoms with E-state index in [2.05, 4.69) is 16.2 Å². The van der Waals surface area contributed by atoms with Crippen molar-refractivity contribution < 1.29 is 17.9 Å². The van der Waals surface area contributed by atoms with Crippen molar-refractivity contribution >= 4 is 50.5 Å². The van der Waals surface area contributed by atoms with Gasteiger partial charge in [-0.05, 0) is 43.3 Å². The lowest BCUT2D eigenvalue weighted by molar-refractivity contribution is -0.122. The number of hydrogen-bond donors (Lipinski definition) is 3. The number of hydrogen-bond acceptors (Lipinski definition) is 5. The van der Waals surface area contributed by atoms with Crippen molar-refractivity contribution in [3.8, 4) is 0 Å². The highest BCUT2D eigenvalue weighted by Gasteiger charge is 2.30. The Kier molecular flexibility index (Phi) is 5.98. The van der Waals surface area contributed by atoms with E-state index in [4.69, 9.17) is 28.6 Å². The van der Waals surface area contributed by atoms with Gasteiger partial charge in [0.2, 0.25) is 15.9 Å². The lowest BCUT2D eigenvalue weighted by atomic mass is 10.3. The molecule has 0 unspecified atom stereocenters. The van der Waals surface area contributed by atoms with E-state index < -0.39 is 10.0 Å². The van der Waals surface area contributed by atoms with E-state index in [0.717, 1.165) is 12.8 Å². The Morgan fingerprint density at radius 2 is 1.92 bits per heavy atom. The van der Waals surface area contributed by atoms with Gasteiger partial charge in [-0.15, -0.1) is 0 Å². The smallest absolute Gasteiger partial charge is 0.243 e. The quantitative estimate of drug-likeness (QED) is 0.497. The first-order valence-electron chi connectivity index (χ1n) is 8.12. The van der Waals surface area contributed by atoms with Crippen LogP contribution in [0.4, 0.5) is 5.69 Å². The van der Waals surface area contributed by atoms with Gasteiger partial charge in [0, 0.05) is 19.0 Å². The summed E-state index contributed by atoms with van der Waals surface area (Å²) >= 11 is 11.2. The number of benzene rings is 1. The molecule has 0 aromatic heterocycles. The molecule has 3 rings (SSSR count). The zero-order chi connectivity index (χ0) is 18.7. The van der Waals surface area contributed by atoms with E-state index in [1.165, 1.54) is 22.5 Å². The van der Waals surface area contributed by atoms with Crippen LogP contribution in [0, 0.1) is 5.92 Å². The molecule has 3 N–H and O–H groups in total. The second-order valence-corrected chi connectivity index (χ2v) is 8.75. The molecule has 1 amide bonds. The number of carbonyl (C=O) groups excluding carboxylic acids is 1. The van der Waals surface area contributed by atoms with Crippen LogP contribution in [-0.2, 0) is 19.6 Å². The minimum atomic E-state index is -3.64. The van der Waals surface area contributed by atoms with Crippen molar-refractivity contribution in [2.75, 3.05) is 31.6 Å². The Morgan fingerprint density at radius 1 is 1.23 bits per heavy atom. The molecule has 11 heteroatoms. The van der Waals surface area contributed by atoms with Gasteiger partial charge in [-0.3, -0.25) is 15.6 Å². The molecule has 1 saturated heterocycles. The predicted octanol–water partition coefficient (Wildman–Crippen LogP) is 1.09. The molecule has 1 aromatic carbocycles. The van der Waals surface area contributed by atoms with E-state index >= 15 is 0 Å². The molecule has 1 aliphatic carbocycles. The number of ether oxygens (including phenoxy) is 1. The summed E-state index contributed by atoms with van der Waals surface area (Å²) in [5.74, 6) is -0.0835. The van der Waals surface area contributed by atoms with E-state index in [1.54, 1.807) is 0 Å². The zero-order valence-corrected chi connectivity index (χ0v) is 16.2. The number of morpholine rings is 1. The third kappa shape index (κ3) is 4.63. The second-order valence-electron chi connectivity index (χ2n) is 6.00. The second kappa shape index (κ2) is 8.05. The summed E-state index contributed by atoms with van der Waals surface area (Å²) < 4.78 is 32.0. The van der Waals surface area contributed by atoms with Crippen molar-refractivity contribution in [2.45, 2.75) is 17.7 Å². The summed E-state index contributed by atoms with van der Waals surface area (Å²) in [6, 6.07) is 4.36. The number of anilines is 1. The maximum absolute atomic E-state index is 12.7. The fraction of sp³-hybridized carbons (Fsp3) is 0.467. The Hall–Kier alpha value is -1.46.